The molecule has 8 heteroatoms. The number of halogens is 1. The predicted octanol–water partition coefficient (Wildman–Crippen LogP) is 2.96. The molecule has 25 heavy (non-hydrogen) atoms. The second-order valence-corrected chi connectivity index (χ2v) is 6.21. The van der Waals surface area contributed by atoms with Crippen molar-refractivity contribution in [1.29, 1.82) is 0 Å². The van der Waals surface area contributed by atoms with E-state index in [0.29, 0.717) is 23.8 Å². The number of benzene rings is 1. The number of hydrogen-bond acceptors (Lipinski definition) is 5. The SMILES string of the molecule is O=C(NCCNc1cc(N2CCCC2)ncn1)Nc1ccc(Cl)cc1. The van der Waals surface area contributed by atoms with E-state index in [2.05, 4.69) is 30.8 Å². The summed E-state index contributed by atoms with van der Waals surface area (Å²) in [6, 6.07) is 8.64. The molecule has 2 aromatic rings. The summed E-state index contributed by atoms with van der Waals surface area (Å²) >= 11 is 5.81. The van der Waals surface area contributed by atoms with Gasteiger partial charge in [-0.05, 0) is 37.1 Å². The summed E-state index contributed by atoms with van der Waals surface area (Å²) in [6.45, 7) is 3.14. The lowest BCUT2D eigenvalue weighted by atomic mass is 10.3. The highest BCUT2D eigenvalue weighted by Crippen LogP contribution is 2.19. The molecule has 0 spiro atoms. The molecular formula is C17H21ClN6O. The van der Waals surface area contributed by atoms with E-state index in [0.717, 1.165) is 24.7 Å². The van der Waals surface area contributed by atoms with Gasteiger partial charge in [0.2, 0.25) is 0 Å². The summed E-state index contributed by atoms with van der Waals surface area (Å²) < 4.78 is 0. The van der Waals surface area contributed by atoms with E-state index in [1.807, 2.05) is 6.07 Å². The first kappa shape index (κ1) is 17.3. The van der Waals surface area contributed by atoms with Crippen LogP contribution in [0.5, 0.6) is 0 Å². The maximum Gasteiger partial charge on any atom is 0.319 e. The lowest BCUT2D eigenvalue weighted by molar-refractivity contribution is 0.252. The minimum absolute atomic E-state index is 0.260. The minimum Gasteiger partial charge on any atom is -0.368 e. The van der Waals surface area contributed by atoms with Gasteiger partial charge < -0.3 is 20.9 Å². The molecule has 132 valence electrons. The fraction of sp³-hybridized carbons (Fsp3) is 0.353. The molecule has 0 aliphatic carbocycles. The van der Waals surface area contributed by atoms with Crippen LogP contribution in [0, 0.1) is 0 Å². The maximum absolute atomic E-state index is 11.8. The van der Waals surface area contributed by atoms with Crippen LogP contribution in [0.2, 0.25) is 5.02 Å². The lowest BCUT2D eigenvalue weighted by Gasteiger charge is -2.16. The number of nitrogens with one attached hydrogen (secondary N) is 3. The molecule has 1 saturated heterocycles. The third-order valence-electron chi connectivity index (χ3n) is 3.90. The van der Waals surface area contributed by atoms with Gasteiger partial charge in [0.1, 0.15) is 18.0 Å². The second-order valence-electron chi connectivity index (χ2n) is 5.77. The molecule has 3 rings (SSSR count). The molecule has 1 aliphatic rings. The summed E-state index contributed by atoms with van der Waals surface area (Å²) in [5.41, 5.74) is 0.695. The van der Waals surface area contributed by atoms with Gasteiger partial charge in [0.25, 0.3) is 0 Å². The van der Waals surface area contributed by atoms with E-state index in [1.54, 1.807) is 30.6 Å². The molecule has 0 radical (unpaired) electrons. The number of amides is 2. The smallest absolute Gasteiger partial charge is 0.319 e. The third-order valence-corrected chi connectivity index (χ3v) is 4.15. The van der Waals surface area contributed by atoms with Crippen molar-refractivity contribution in [2.24, 2.45) is 0 Å². The molecule has 0 saturated carbocycles. The second kappa shape index (κ2) is 8.53. The molecule has 2 heterocycles. The number of urea groups is 1. The predicted molar refractivity (Wildman–Crippen MR) is 100 cm³/mol. The van der Waals surface area contributed by atoms with E-state index >= 15 is 0 Å². The third kappa shape index (κ3) is 5.22. The van der Waals surface area contributed by atoms with Gasteiger partial charge in [-0.25, -0.2) is 14.8 Å². The molecule has 1 aromatic heterocycles. The first-order valence-corrected chi connectivity index (χ1v) is 8.70. The van der Waals surface area contributed by atoms with Gasteiger partial charge in [0.15, 0.2) is 0 Å². The van der Waals surface area contributed by atoms with Crippen LogP contribution < -0.4 is 20.9 Å². The van der Waals surface area contributed by atoms with Crippen molar-refractivity contribution in [3.8, 4) is 0 Å². The van der Waals surface area contributed by atoms with Gasteiger partial charge in [-0.2, -0.15) is 0 Å². The number of nitrogens with zero attached hydrogens (tertiary/aromatic N) is 3. The fourth-order valence-electron chi connectivity index (χ4n) is 2.64. The minimum atomic E-state index is -0.260. The van der Waals surface area contributed by atoms with Crippen LogP contribution in [0.3, 0.4) is 0 Å². The largest absolute Gasteiger partial charge is 0.368 e. The van der Waals surface area contributed by atoms with Crippen molar-refractivity contribution in [3.05, 3.63) is 41.7 Å². The highest BCUT2D eigenvalue weighted by atomic mass is 35.5. The quantitative estimate of drug-likeness (QED) is 0.690. The zero-order valence-corrected chi connectivity index (χ0v) is 14.6. The van der Waals surface area contributed by atoms with Gasteiger partial charge in [-0.3, -0.25) is 0 Å². The molecule has 0 bridgehead atoms. The molecule has 7 nitrogen and oxygen atoms in total. The van der Waals surface area contributed by atoms with E-state index in [-0.39, 0.29) is 6.03 Å². The molecule has 1 aliphatic heterocycles. The van der Waals surface area contributed by atoms with Crippen LogP contribution in [-0.2, 0) is 0 Å². The Kier molecular flexibility index (Phi) is 5.90. The van der Waals surface area contributed by atoms with Crippen molar-refractivity contribution in [2.45, 2.75) is 12.8 Å². The average Bonchev–Trinajstić information content (AvgIpc) is 3.16. The highest BCUT2D eigenvalue weighted by Gasteiger charge is 2.13. The Hall–Kier alpha value is -2.54. The Morgan fingerprint density at radius 3 is 2.64 bits per heavy atom. The van der Waals surface area contributed by atoms with Crippen molar-refractivity contribution in [1.82, 2.24) is 15.3 Å². The van der Waals surface area contributed by atoms with Crippen LogP contribution in [0.15, 0.2) is 36.7 Å². The first-order valence-electron chi connectivity index (χ1n) is 8.32. The van der Waals surface area contributed by atoms with Crippen molar-refractivity contribution < 1.29 is 4.79 Å². The maximum atomic E-state index is 11.8. The van der Waals surface area contributed by atoms with E-state index < -0.39 is 0 Å². The Bertz CT molecular complexity index is 703. The summed E-state index contributed by atoms with van der Waals surface area (Å²) in [5, 5.41) is 9.36. The van der Waals surface area contributed by atoms with E-state index in [1.165, 1.54) is 12.8 Å². The summed E-state index contributed by atoms with van der Waals surface area (Å²) in [5.74, 6) is 1.71. The molecule has 1 aromatic carbocycles. The zero-order valence-electron chi connectivity index (χ0n) is 13.8. The highest BCUT2D eigenvalue weighted by molar-refractivity contribution is 6.30. The standard InChI is InChI=1S/C17H21ClN6O/c18-13-3-5-14(6-4-13)23-17(25)20-8-7-19-15-11-16(22-12-21-15)24-9-1-2-10-24/h3-6,11-12H,1-2,7-10H2,(H,19,21,22)(H2,20,23,25). The van der Waals surface area contributed by atoms with E-state index in [4.69, 9.17) is 11.6 Å². The number of aromatic nitrogens is 2. The summed E-state index contributed by atoms with van der Waals surface area (Å²) in [6.07, 6.45) is 3.98. The van der Waals surface area contributed by atoms with Crippen molar-refractivity contribution in [2.75, 3.05) is 41.7 Å². The Balaban J connectivity index is 1.40. The number of carbonyl (C=O) groups excluding carboxylic acids is 1. The number of rotatable bonds is 6. The molecule has 3 N–H and O–H groups in total. The van der Waals surface area contributed by atoms with Gasteiger partial charge in [-0.1, -0.05) is 11.6 Å². The van der Waals surface area contributed by atoms with Gasteiger partial charge >= 0.3 is 6.03 Å². The van der Waals surface area contributed by atoms with E-state index in [9.17, 15) is 4.79 Å². The Labute approximate surface area is 151 Å². The van der Waals surface area contributed by atoms with Gasteiger partial charge in [0, 0.05) is 43.0 Å². The Morgan fingerprint density at radius 1 is 1.12 bits per heavy atom. The first-order chi connectivity index (χ1) is 12.2. The van der Waals surface area contributed by atoms with Crippen molar-refractivity contribution in [3.63, 3.8) is 0 Å². The van der Waals surface area contributed by atoms with Gasteiger partial charge in [0.05, 0.1) is 0 Å². The average molecular weight is 361 g/mol. The van der Waals surface area contributed by atoms with Crippen LogP contribution in [0.1, 0.15) is 12.8 Å². The normalized spacial score (nSPS) is 13.6. The van der Waals surface area contributed by atoms with Crippen LogP contribution in [0.25, 0.3) is 0 Å². The molecule has 0 unspecified atom stereocenters. The molecule has 0 atom stereocenters. The van der Waals surface area contributed by atoms with Crippen LogP contribution in [0.4, 0.5) is 22.1 Å². The number of anilines is 3. The summed E-state index contributed by atoms with van der Waals surface area (Å²) in [7, 11) is 0. The zero-order chi connectivity index (χ0) is 17.5. The lowest BCUT2D eigenvalue weighted by Crippen LogP contribution is -2.32. The number of carbonyl (C=O) groups is 1. The van der Waals surface area contributed by atoms with Crippen LogP contribution >= 0.6 is 11.6 Å². The Morgan fingerprint density at radius 2 is 1.88 bits per heavy atom. The van der Waals surface area contributed by atoms with Gasteiger partial charge in [-0.15, -0.1) is 0 Å². The molecule has 2 amide bonds. The number of hydrogen-bond donors (Lipinski definition) is 3. The molecule has 1 fully saturated rings. The summed E-state index contributed by atoms with van der Waals surface area (Å²) in [4.78, 5) is 22.6. The monoisotopic (exact) mass is 360 g/mol. The topological polar surface area (TPSA) is 82.2 Å². The fourth-order valence-corrected chi connectivity index (χ4v) is 2.76. The van der Waals surface area contributed by atoms with Crippen molar-refractivity contribution >= 4 is 35.0 Å². The molecular weight excluding hydrogens is 340 g/mol. The van der Waals surface area contributed by atoms with Crippen LogP contribution in [-0.4, -0.2) is 42.2 Å².